The van der Waals surface area contributed by atoms with Crippen LogP contribution in [-0.4, -0.2) is 15.8 Å². The second-order valence-electron chi connectivity index (χ2n) is 3.62. The van der Waals surface area contributed by atoms with Gasteiger partial charge in [0.1, 0.15) is 0 Å². The quantitative estimate of drug-likeness (QED) is 0.698. The van der Waals surface area contributed by atoms with Crippen molar-refractivity contribution in [2.45, 2.75) is 20.8 Å². The number of aromatic nitrogens is 2. The number of nitrogens with zero attached hydrogens (tertiary/aromatic N) is 1. The van der Waals surface area contributed by atoms with Crippen LogP contribution in [0.4, 0.5) is 0 Å². The second-order valence-corrected chi connectivity index (χ2v) is 3.62. The average Bonchev–Trinajstić information content (AvgIpc) is 2.47. The first-order valence-electron chi connectivity index (χ1n) is 4.56. The van der Waals surface area contributed by atoms with Gasteiger partial charge in [-0.3, -0.25) is 4.79 Å². The molecule has 2 aromatic rings. The van der Waals surface area contributed by atoms with Crippen LogP contribution in [0, 0.1) is 13.8 Å². The summed E-state index contributed by atoms with van der Waals surface area (Å²) in [5.41, 5.74) is 4.10. The summed E-state index contributed by atoms with van der Waals surface area (Å²) in [5.74, 6) is 0.409. The molecule has 0 aliphatic carbocycles. The number of H-pyrrole nitrogens is 1. The van der Waals surface area contributed by atoms with E-state index in [1.54, 1.807) is 0 Å². The largest absolute Gasteiger partial charge is 0.335 e. The van der Waals surface area contributed by atoms with Crippen LogP contribution >= 0.6 is 0 Å². The summed E-state index contributed by atoms with van der Waals surface area (Å²) in [7, 11) is 0. The zero-order valence-electron chi connectivity index (χ0n) is 8.51. The number of carbonyl (C=O) groups excluding carboxylic acids is 1. The molecule has 72 valence electrons. The van der Waals surface area contributed by atoms with Crippen molar-refractivity contribution in [1.29, 1.82) is 0 Å². The molecule has 0 spiro atoms. The Morgan fingerprint density at radius 3 is 2.71 bits per heavy atom. The molecule has 0 aliphatic rings. The Hall–Kier alpha value is -1.64. The molecular formula is C11H12N2O. The van der Waals surface area contributed by atoms with E-state index in [2.05, 4.69) is 16.0 Å². The highest BCUT2D eigenvalue weighted by Gasteiger charge is 2.08. The fourth-order valence-corrected chi connectivity index (χ4v) is 1.64. The van der Waals surface area contributed by atoms with Gasteiger partial charge in [0, 0.05) is 6.92 Å². The number of fused-ring (bicyclic) bond motifs is 1. The van der Waals surface area contributed by atoms with Gasteiger partial charge in [-0.2, -0.15) is 0 Å². The first-order valence-corrected chi connectivity index (χ1v) is 4.56. The number of hydrogen-bond donors (Lipinski definition) is 1. The fraction of sp³-hybridized carbons (Fsp3) is 0.273. The minimum atomic E-state index is -0.0294. The Bertz CT molecular complexity index is 511. The fourth-order valence-electron chi connectivity index (χ4n) is 1.64. The number of ketones is 1. The van der Waals surface area contributed by atoms with Crippen LogP contribution in [-0.2, 0) is 0 Å². The summed E-state index contributed by atoms with van der Waals surface area (Å²) in [5, 5.41) is 0. The number of aryl methyl sites for hydroxylation is 2. The highest BCUT2D eigenvalue weighted by molar-refractivity contribution is 5.94. The van der Waals surface area contributed by atoms with Crippen LogP contribution in [0.3, 0.4) is 0 Å². The van der Waals surface area contributed by atoms with Crippen molar-refractivity contribution >= 4 is 16.8 Å². The van der Waals surface area contributed by atoms with Gasteiger partial charge < -0.3 is 4.98 Å². The Morgan fingerprint density at radius 1 is 1.36 bits per heavy atom. The van der Waals surface area contributed by atoms with Crippen molar-refractivity contribution in [3.05, 3.63) is 29.1 Å². The number of Topliss-reactive ketones (excluding diaryl/α,β-unsaturated/α-hetero) is 1. The lowest BCUT2D eigenvalue weighted by molar-refractivity contribution is 0.100. The molecule has 14 heavy (non-hydrogen) atoms. The lowest BCUT2D eigenvalue weighted by Gasteiger charge is -1.96. The van der Waals surface area contributed by atoms with Crippen molar-refractivity contribution < 1.29 is 4.79 Å². The standard InChI is InChI=1S/C11H12N2O/c1-6-4-7(2)10-9(5-6)12-11(13-10)8(3)14/h4-5H,1-3H3,(H,12,13). The van der Waals surface area contributed by atoms with Gasteiger partial charge in [0.15, 0.2) is 11.6 Å². The molecule has 3 heteroatoms. The van der Waals surface area contributed by atoms with Crippen molar-refractivity contribution in [2.24, 2.45) is 0 Å². The summed E-state index contributed by atoms with van der Waals surface area (Å²) in [6.07, 6.45) is 0. The topological polar surface area (TPSA) is 45.8 Å². The highest BCUT2D eigenvalue weighted by Crippen LogP contribution is 2.18. The van der Waals surface area contributed by atoms with Crippen molar-refractivity contribution in [3.8, 4) is 0 Å². The Kier molecular flexibility index (Phi) is 1.88. The van der Waals surface area contributed by atoms with E-state index >= 15 is 0 Å². The average molecular weight is 188 g/mol. The molecule has 1 heterocycles. The van der Waals surface area contributed by atoms with E-state index in [0.29, 0.717) is 5.82 Å². The molecule has 0 unspecified atom stereocenters. The summed E-state index contributed by atoms with van der Waals surface area (Å²) in [6.45, 7) is 5.54. The SMILES string of the molecule is CC(=O)c1nc2c(C)cc(C)cc2[nH]1. The van der Waals surface area contributed by atoms with Crippen molar-refractivity contribution in [3.63, 3.8) is 0 Å². The van der Waals surface area contributed by atoms with Gasteiger partial charge >= 0.3 is 0 Å². The van der Waals surface area contributed by atoms with Crippen LogP contribution in [0.5, 0.6) is 0 Å². The second kappa shape index (κ2) is 2.94. The summed E-state index contributed by atoms with van der Waals surface area (Å²) < 4.78 is 0. The maximum absolute atomic E-state index is 11.1. The first-order chi connectivity index (χ1) is 6.58. The summed E-state index contributed by atoms with van der Waals surface area (Å²) in [6, 6.07) is 4.06. The molecule has 0 amide bonds. The highest BCUT2D eigenvalue weighted by atomic mass is 16.1. The normalized spacial score (nSPS) is 10.8. The van der Waals surface area contributed by atoms with E-state index in [4.69, 9.17) is 0 Å². The van der Waals surface area contributed by atoms with Gasteiger partial charge in [-0.05, 0) is 31.0 Å². The third-order valence-electron chi connectivity index (χ3n) is 2.25. The van der Waals surface area contributed by atoms with E-state index in [0.717, 1.165) is 16.6 Å². The molecule has 0 bridgehead atoms. The minimum Gasteiger partial charge on any atom is -0.335 e. The van der Waals surface area contributed by atoms with E-state index in [1.165, 1.54) is 12.5 Å². The Balaban J connectivity index is 2.76. The minimum absolute atomic E-state index is 0.0294. The zero-order valence-corrected chi connectivity index (χ0v) is 8.51. The number of hydrogen-bond acceptors (Lipinski definition) is 2. The number of benzene rings is 1. The molecule has 0 fully saturated rings. The molecule has 0 atom stereocenters. The molecular weight excluding hydrogens is 176 g/mol. The maximum Gasteiger partial charge on any atom is 0.195 e. The van der Waals surface area contributed by atoms with E-state index < -0.39 is 0 Å². The first kappa shape index (κ1) is 8.94. The van der Waals surface area contributed by atoms with Gasteiger partial charge in [-0.1, -0.05) is 6.07 Å². The lowest BCUT2D eigenvalue weighted by atomic mass is 10.1. The third kappa shape index (κ3) is 1.31. The number of carbonyl (C=O) groups is 1. The molecule has 0 radical (unpaired) electrons. The van der Waals surface area contributed by atoms with Crippen molar-refractivity contribution in [1.82, 2.24) is 9.97 Å². The number of rotatable bonds is 1. The molecule has 0 aliphatic heterocycles. The summed E-state index contributed by atoms with van der Waals surface area (Å²) >= 11 is 0. The predicted molar refractivity (Wildman–Crippen MR) is 55.6 cm³/mol. The Morgan fingerprint density at radius 2 is 2.07 bits per heavy atom. The number of nitrogens with one attached hydrogen (secondary N) is 1. The van der Waals surface area contributed by atoms with E-state index in [1.807, 2.05) is 19.9 Å². The van der Waals surface area contributed by atoms with Gasteiger partial charge in [-0.15, -0.1) is 0 Å². The third-order valence-corrected chi connectivity index (χ3v) is 2.25. The van der Waals surface area contributed by atoms with Gasteiger partial charge in [-0.25, -0.2) is 4.98 Å². The zero-order chi connectivity index (χ0) is 10.3. The molecule has 2 rings (SSSR count). The van der Waals surface area contributed by atoms with Gasteiger partial charge in [0.25, 0.3) is 0 Å². The smallest absolute Gasteiger partial charge is 0.195 e. The predicted octanol–water partition coefficient (Wildman–Crippen LogP) is 2.38. The Labute approximate surface area is 82.2 Å². The summed E-state index contributed by atoms with van der Waals surface area (Å²) in [4.78, 5) is 18.4. The van der Waals surface area contributed by atoms with Crippen LogP contribution in [0.15, 0.2) is 12.1 Å². The molecule has 0 saturated carbocycles. The molecule has 3 nitrogen and oxygen atoms in total. The molecule has 0 saturated heterocycles. The van der Waals surface area contributed by atoms with Crippen LogP contribution in [0.2, 0.25) is 0 Å². The van der Waals surface area contributed by atoms with Crippen LogP contribution in [0.1, 0.15) is 28.7 Å². The number of aromatic amines is 1. The van der Waals surface area contributed by atoms with E-state index in [9.17, 15) is 4.79 Å². The van der Waals surface area contributed by atoms with Gasteiger partial charge in [0.05, 0.1) is 11.0 Å². The van der Waals surface area contributed by atoms with Crippen molar-refractivity contribution in [2.75, 3.05) is 0 Å². The number of imidazole rings is 1. The van der Waals surface area contributed by atoms with Crippen LogP contribution < -0.4 is 0 Å². The van der Waals surface area contributed by atoms with E-state index in [-0.39, 0.29) is 5.78 Å². The monoisotopic (exact) mass is 188 g/mol. The maximum atomic E-state index is 11.1. The molecule has 1 aromatic carbocycles. The molecule has 1 N–H and O–H groups in total. The lowest BCUT2D eigenvalue weighted by Crippen LogP contribution is -1.93. The van der Waals surface area contributed by atoms with Gasteiger partial charge in [0.2, 0.25) is 0 Å². The molecule has 1 aromatic heterocycles. The van der Waals surface area contributed by atoms with Crippen LogP contribution in [0.25, 0.3) is 11.0 Å².